The van der Waals surface area contributed by atoms with Crippen molar-refractivity contribution in [3.63, 3.8) is 0 Å². The van der Waals surface area contributed by atoms with Gasteiger partial charge in [-0.05, 0) is 40.5 Å². The van der Waals surface area contributed by atoms with Gasteiger partial charge in [-0.1, -0.05) is 0 Å². The number of aliphatic hydroxyl groups is 1. The summed E-state index contributed by atoms with van der Waals surface area (Å²) in [5, 5.41) is 12.0. The molecular formula is C14H31NO5Si. The molecule has 0 aliphatic heterocycles. The summed E-state index contributed by atoms with van der Waals surface area (Å²) in [5.41, 5.74) is 0. The second-order valence-corrected chi connectivity index (χ2v) is 7.56. The van der Waals surface area contributed by atoms with Crippen LogP contribution in [0.5, 0.6) is 0 Å². The van der Waals surface area contributed by atoms with Gasteiger partial charge >= 0.3 is 8.80 Å². The van der Waals surface area contributed by atoms with E-state index >= 15 is 0 Å². The number of aliphatic hydroxyl groups excluding tert-OH is 1. The Morgan fingerprint density at radius 2 is 1.67 bits per heavy atom. The van der Waals surface area contributed by atoms with Crippen molar-refractivity contribution in [1.29, 1.82) is 0 Å². The number of hydrogen-bond acceptors (Lipinski definition) is 5. The Morgan fingerprint density at radius 3 is 2.10 bits per heavy atom. The van der Waals surface area contributed by atoms with E-state index in [1.165, 1.54) is 0 Å². The van der Waals surface area contributed by atoms with Crippen LogP contribution in [-0.4, -0.2) is 52.3 Å². The Hall–Kier alpha value is -0.473. The van der Waals surface area contributed by atoms with Crippen molar-refractivity contribution in [2.45, 2.75) is 59.1 Å². The second kappa shape index (κ2) is 12.1. The highest BCUT2D eigenvalue weighted by molar-refractivity contribution is 6.60. The van der Waals surface area contributed by atoms with Gasteiger partial charge in [-0.25, -0.2) is 0 Å². The van der Waals surface area contributed by atoms with E-state index < -0.39 is 14.9 Å². The SMILES string of the molecule is CCO[Si](CCCNC(=O)CCC(C)O)(OCC)OCC. The van der Waals surface area contributed by atoms with Crippen molar-refractivity contribution >= 4 is 14.7 Å². The average molecular weight is 321 g/mol. The van der Waals surface area contributed by atoms with Gasteiger partial charge in [0.05, 0.1) is 6.10 Å². The molecule has 1 unspecified atom stereocenters. The second-order valence-electron chi connectivity index (χ2n) is 4.82. The van der Waals surface area contributed by atoms with Crippen LogP contribution in [0.3, 0.4) is 0 Å². The predicted octanol–water partition coefficient (Wildman–Crippen LogP) is 1.70. The molecular weight excluding hydrogens is 290 g/mol. The molecule has 21 heavy (non-hydrogen) atoms. The highest BCUT2D eigenvalue weighted by Crippen LogP contribution is 2.17. The lowest BCUT2D eigenvalue weighted by Crippen LogP contribution is -2.46. The van der Waals surface area contributed by atoms with E-state index in [1.807, 2.05) is 20.8 Å². The standard InChI is InChI=1S/C14H31NO5Si/c1-5-18-21(19-6-2,20-7-3)12-8-11-15-14(17)10-9-13(4)16/h13,16H,5-12H2,1-4H3,(H,15,17). The maximum Gasteiger partial charge on any atom is 0.500 e. The maximum absolute atomic E-state index is 11.5. The van der Waals surface area contributed by atoms with Crippen LogP contribution < -0.4 is 5.32 Å². The van der Waals surface area contributed by atoms with Crippen LogP contribution in [0.1, 0.15) is 47.0 Å². The molecule has 1 amide bonds. The Balaban J connectivity index is 4.09. The monoisotopic (exact) mass is 321 g/mol. The summed E-state index contributed by atoms with van der Waals surface area (Å²) >= 11 is 0. The number of carbonyl (C=O) groups is 1. The Bertz CT molecular complexity index is 259. The highest BCUT2D eigenvalue weighted by Gasteiger charge is 2.39. The lowest BCUT2D eigenvalue weighted by Gasteiger charge is -2.28. The molecule has 0 aliphatic carbocycles. The summed E-state index contributed by atoms with van der Waals surface area (Å²) in [6, 6.07) is 0.694. The molecule has 0 aromatic carbocycles. The van der Waals surface area contributed by atoms with Gasteiger partial charge in [-0.2, -0.15) is 0 Å². The van der Waals surface area contributed by atoms with Crippen LogP contribution in [0.2, 0.25) is 6.04 Å². The number of amides is 1. The van der Waals surface area contributed by atoms with Gasteiger partial charge in [0, 0.05) is 38.8 Å². The molecule has 6 nitrogen and oxygen atoms in total. The summed E-state index contributed by atoms with van der Waals surface area (Å²) < 4.78 is 17.2. The fourth-order valence-electron chi connectivity index (χ4n) is 1.96. The number of hydrogen-bond donors (Lipinski definition) is 2. The molecule has 0 radical (unpaired) electrons. The normalized spacial score (nSPS) is 13.2. The minimum atomic E-state index is -2.60. The van der Waals surface area contributed by atoms with Gasteiger partial charge in [0.1, 0.15) is 0 Å². The minimum absolute atomic E-state index is 0.0348. The number of carbonyl (C=O) groups excluding carboxylic acids is 1. The van der Waals surface area contributed by atoms with Crippen molar-refractivity contribution in [3.8, 4) is 0 Å². The van der Waals surface area contributed by atoms with Crippen LogP contribution in [0.15, 0.2) is 0 Å². The maximum atomic E-state index is 11.5. The zero-order chi connectivity index (χ0) is 16.1. The molecule has 7 heteroatoms. The summed E-state index contributed by atoms with van der Waals surface area (Å²) in [6.45, 7) is 9.72. The van der Waals surface area contributed by atoms with Crippen molar-refractivity contribution in [3.05, 3.63) is 0 Å². The van der Waals surface area contributed by atoms with Gasteiger partial charge in [0.2, 0.25) is 5.91 Å². The first-order chi connectivity index (χ1) is 9.99. The first kappa shape index (κ1) is 20.5. The first-order valence-corrected chi connectivity index (χ1v) is 9.79. The largest absolute Gasteiger partial charge is 0.500 e. The van der Waals surface area contributed by atoms with Gasteiger partial charge < -0.3 is 23.7 Å². The van der Waals surface area contributed by atoms with Crippen molar-refractivity contribution in [2.75, 3.05) is 26.4 Å². The molecule has 0 aromatic rings. The van der Waals surface area contributed by atoms with Crippen LogP contribution in [0.25, 0.3) is 0 Å². The molecule has 1 atom stereocenters. The smallest absolute Gasteiger partial charge is 0.393 e. The van der Waals surface area contributed by atoms with Crippen LogP contribution in [-0.2, 0) is 18.1 Å². The molecule has 0 spiro atoms. The molecule has 0 aliphatic rings. The van der Waals surface area contributed by atoms with Gasteiger partial charge in [0.15, 0.2) is 0 Å². The lowest BCUT2D eigenvalue weighted by atomic mass is 10.2. The fraction of sp³-hybridized carbons (Fsp3) is 0.929. The third-order valence-electron chi connectivity index (χ3n) is 2.86. The van der Waals surface area contributed by atoms with E-state index in [9.17, 15) is 4.79 Å². The van der Waals surface area contributed by atoms with Crippen molar-refractivity contribution in [1.82, 2.24) is 5.32 Å². The van der Waals surface area contributed by atoms with E-state index in [-0.39, 0.29) is 5.91 Å². The van der Waals surface area contributed by atoms with Crippen LogP contribution in [0.4, 0.5) is 0 Å². The molecule has 0 heterocycles. The molecule has 2 N–H and O–H groups in total. The van der Waals surface area contributed by atoms with E-state index in [4.69, 9.17) is 18.4 Å². The zero-order valence-electron chi connectivity index (χ0n) is 13.8. The number of nitrogens with one attached hydrogen (secondary N) is 1. The molecule has 126 valence electrons. The van der Waals surface area contributed by atoms with Gasteiger partial charge in [-0.15, -0.1) is 0 Å². The molecule has 0 rings (SSSR count). The van der Waals surface area contributed by atoms with Gasteiger partial charge in [0.25, 0.3) is 0 Å². The van der Waals surface area contributed by atoms with Crippen LogP contribution in [0, 0.1) is 0 Å². The predicted molar refractivity (Wildman–Crippen MR) is 84.0 cm³/mol. The lowest BCUT2D eigenvalue weighted by molar-refractivity contribution is -0.121. The van der Waals surface area contributed by atoms with E-state index in [2.05, 4.69) is 5.32 Å². The fourth-order valence-corrected chi connectivity index (χ4v) is 4.57. The van der Waals surface area contributed by atoms with Gasteiger partial charge in [-0.3, -0.25) is 4.79 Å². The molecule has 0 fully saturated rings. The molecule has 0 bridgehead atoms. The average Bonchev–Trinajstić information content (AvgIpc) is 2.42. The summed E-state index contributed by atoms with van der Waals surface area (Å²) in [7, 11) is -2.60. The van der Waals surface area contributed by atoms with E-state index in [0.717, 1.165) is 6.42 Å². The first-order valence-electron chi connectivity index (χ1n) is 7.86. The van der Waals surface area contributed by atoms with Crippen molar-refractivity contribution < 1.29 is 23.2 Å². The van der Waals surface area contributed by atoms with E-state index in [1.54, 1.807) is 6.92 Å². The minimum Gasteiger partial charge on any atom is -0.393 e. The Morgan fingerprint density at radius 1 is 1.14 bits per heavy atom. The summed E-state index contributed by atoms with van der Waals surface area (Å²) in [6.07, 6.45) is 1.15. The highest BCUT2D eigenvalue weighted by atomic mass is 28.4. The summed E-state index contributed by atoms with van der Waals surface area (Å²) in [5.74, 6) is -0.0348. The van der Waals surface area contributed by atoms with E-state index in [0.29, 0.717) is 45.3 Å². The third-order valence-corrected chi connectivity index (χ3v) is 6.02. The Labute approximate surface area is 129 Å². The van der Waals surface area contributed by atoms with Crippen LogP contribution >= 0.6 is 0 Å². The number of rotatable bonds is 13. The molecule has 0 saturated heterocycles. The molecule has 0 saturated carbocycles. The zero-order valence-corrected chi connectivity index (χ0v) is 14.8. The molecule has 0 aromatic heterocycles. The van der Waals surface area contributed by atoms with Crippen molar-refractivity contribution in [2.24, 2.45) is 0 Å². The summed E-state index contributed by atoms with van der Waals surface area (Å²) in [4.78, 5) is 11.5. The quantitative estimate of drug-likeness (QED) is 0.399. The Kier molecular flexibility index (Phi) is 11.8. The third kappa shape index (κ3) is 9.97. The topological polar surface area (TPSA) is 77.0 Å².